The standard InChI is InChI=1S/C14H23N3O2/c1-4-6-15(7-5-2)12-14(19)17-10-8-16(9-11-17)13(3)18/h4-5H,1-2,6-12H2,3H3. The fourth-order valence-electron chi connectivity index (χ4n) is 2.13. The van der Waals surface area contributed by atoms with Gasteiger partial charge in [-0.25, -0.2) is 0 Å². The third-order valence-corrected chi connectivity index (χ3v) is 3.21. The van der Waals surface area contributed by atoms with E-state index in [1.807, 2.05) is 9.80 Å². The average Bonchev–Trinajstić information content (AvgIpc) is 2.39. The van der Waals surface area contributed by atoms with Crippen molar-refractivity contribution in [1.82, 2.24) is 14.7 Å². The molecule has 1 aliphatic heterocycles. The van der Waals surface area contributed by atoms with Gasteiger partial charge in [0.15, 0.2) is 0 Å². The molecule has 0 aromatic heterocycles. The SMILES string of the molecule is C=CCN(CC=C)CC(=O)N1CCN(C(C)=O)CC1. The Balaban J connectivity index is 2.43. The molecular formula is C14H23N3O2. The van der Waals surface area contributed by atoms with E-state index < -0.39 is 0 Å². The highest BCUT2D eigenvalue weighted by molar-refractivity contribution is 5.79. The largest absolute Gasteiger partial charge is 0.339 e. The van der Waals surface area contributed by atoms with Crippen molar-refractivity contribution in [2.45, 2.75) is 6.92 Å². The predicted molar refractivity (Wildman–Crippen MR) is 75.7 cm³/mol. The first-order valence-corrected chi connectivity index (χ1v) is 6.56. The van der Waals surface area contributed by atoms with Gasteiger partial charge in [-0.1, -0.05) is 12.2 Å². The number of carbonyl (C=O) groups is 2. The molecule has 1 rings (SSSR count). The summed E-state index contributed by atoms with van der Waals surface area (Å²) < 4.78 is 0. The van der Waals surface area contributed by atoms with E-state index in [-0.39, 0.29) is 11.8 Å². The van der Waals surface area contributed by atoms with Gasteiger partial charge in [-0.15, -0.1) is 13.2 Å². The molecule has 1 heterocycles. The molecule has 0 unspecified atom stereocenters. The van der Waals surface area contributed by atoms with Gasteiger partial charge in [-0.2, -0.15) is 0 Å². The molecule has 0 saturated carbocycles. The molecule has 0 atom stereocenters. The monoisotopic (exact) mass is 265 g/mol. The van der Waals surface area contributed by atoms with Crippen LogP contribution in [0.3, 0.4) is 0 Å². The smallest absolute Gasteiger partial charge is 0.236 e. The minimum atomic E-state index is 0.0760. The minimum absolute atomic E-state index is 0.0760. The number of hydrogen-bond acceptors (Lipinski definition) is 3. The summed E-state index contributed by atoms with van der Waals surface area (Å²) in [4.78, 5) is 28.9. The summed E-state index contributed by atoms with van der Waals surface area (Å²) in [5.41, 5.74) is 0. The molecule has 0 bridgehead atoms. The first-order chi connectivity index (χ1) is 9.08. The first kappa shape index (κ1) is 15.4. The molecule has 1 fully saturated rings. The van der Waals surface area contributed by atoms with E-state index in [2.05, 4.69) is 13.2 Å². The zero-order valence-electron chi connectivity index (χ0n) is 11.7. The summed E-state index contributed by atoms with van der Waals surface area (Å²) in [6.07, 6.45) is 3.56. The van der Waals surface area contributed by atoms with Crippen molar-refractivity contribution < 1.29 is 9.59 Å². The average molecular weight is 265 g/mol. The lowest BCUT2D eigenvalue weighted by molar-refractivity contribution is -0.139. The molecule has 0 spiro atoms. The van der Waals surface area contributed by atoms with Crippen molar-refractivity contribution in [1.29, 1.82) is 0 Å². The van der Waals surface area contributed by atoms with Gasteiger partial charge in [0.1, 0.15) is 0 Å². The van der Waals surface area contributed by atoms with Gasteiger partial charge in [0.2, 0.25) is 11.8 Å². The third-order valence-electron chi connectivity index (χ3n) is 3.21. The Hall–Kier alpha value is -1.62. The van der Waals surface area contributed by atoms with Crippen LogP contribution in [0.5, 0.6) is 0 Å². The molecule has 2 amide bonds. The predicted octanol–water partition coefficient (Wildman–Crippen LogP) is 0.351. The van der Waals surface area contributed by atoms with Crippen molar-refractivity contribution in [3.63, 3.8) is 0 Å². The lowest BCUT2D eigenvalue weighted by Crippen LogP contribution is -2.52. The highest BCUT2D eigenvalue weighted by Crippen LogP contribution is 2.03. The van der Waals surface area contributed by atoms with Crippen molar-refractivity contribution in [3.8, 4) is 0 Å². The van der Waals surface area contributed by atoms with Crippen molar-refractivity contribution in [2.75, 3.05) is 45.8 Å². The summed E-state index contributed by atoms with van der Waals surface area (Å²) in [5, 5.41) is 0. The summed E-state index contributed by atoms with van der Waals surface area (Å²) >= 11 is 0. The Kier molecular flexibility index (Phi) is 6.29. The second kappa shape index (κ2) is 7.74. The maximum atomic E-state index is 12.1. The van der Waals surface area contributed by atoms with Crippen LogP contribution in [0.1, 0.15) is 6.92 Å². The van der Waals surface area contributed by atoms with Gasteiger partial charge < -0.3 is 9.80 Å². The van der Waals surface area contributed by atoms with E-state index in [9.17, 15) is 9.59 Å². The number of nitrogens with zero attached hydrogens (tertiary/aromatic N) is 3. The number of amides is 2. The normalized spacial score (nSPS) is 15.5. The number of rotatable bonds is 6. The number of hydrogen-bond donors (Lipinski definition) is 0. The molecule has 5 nitrogen and oxygen atoms in total. The molecule has 5 heteroatoms. The summed E-state index contributed by atoms with van der Waals surface area (Å²) in [7, 11) is 0. The molecule has 0 N–H and O–H groups in total. The Morgan fingerprint density at radius 1 is 1.05 bits per heavy atom. The van der Waals surface area contributed by atoms with Crippen LogP contribution in [0.4, 0.5) is 0 Å². The summed E-state index contributed by atoms with van der Waals surface area (Å²) in [6.45, 7) is 13.2. The Labute approximate surface area is 115 Å². The van der Waals surface area contributed by atoms with Crippen molar-refractivity contribution in [2.24, 2.45) is 0 Å². The van der Waals surface area contributed by atoms with Gasteiger partial charge in [0.25, 0.3) is 0 Å². The van der Waals surface area contributed by atoms with E-state index in [0.717, 1.165) is 0 Å². The molecule has 1 saturated heterocycles. The second-order valence-corrected chi connectivity index (χ2v) is 4.66. The van der Waals surface area contributed by atoms with E-state index >= 15 is 0 Å². The van der Waals surface area contributed by atoms with E-state index in [1.54, 1.807) is 24.0 Å². The van der Waals surface area contributed by atoms with Crippen molar-refractivity contribution >= 4 is 11.8 Å². The van der Waals surface area contributed by atoms with Crippen molar-refractivity contribution in [3.05, 3.63) is 25.3 Å². The Bertz CT molecular complexity index is 337. The van der Waals surface area contributed by atoms with Gasteiger partial charge in [-0.3, -0.25) is 14.5 Å². The van der Waals surface area contributed by atoms with Crippen LogP contribution < -0.4 is 0 Å². The Morgan fingerprint density at radius 2 is 1.53 bits per heavy atom. The highest BCUT2D eigenvalue weighted by Gasteiger charge is 2.23. The van der Waals surface area contributed by atoms with E-state index in [0.29, 0.717) is 45.8 Å². The zero-order valence-corrected chi connectivity index (χ0v) is 11.7. The maximum Gasteiger partial charge on any atom is 0.236 e. The third kappa shape index (κ3) is 4.87. The molecule has 106 valence electrons. The molecular weight excluding hydrogens is 242 g/mol. The van der Waals surface area contributed by atoms with Crippen LogP contribution in [0.2, 0.25) is 0 Å². The quantitative estimate of drug-likeness (QED) is 0.651. The van der Waals surface area contributed by atoms with Gasteiger partial charge in [0.05, 0.1) is 6.54 Å². The summed E-state index contributed by atoms with van der Waals surface area (Å²) in [5.74, 6) is 0.180. The zero-order chi connectivity index (χ0) is 14.3. The van der Waals surface area contributed by atoms with Crippen LogP contribution in [0, 0.1) is 0 Å². The summed E-state index contributed by atoms with van der Waals surface area (Å²) in [6, 6.07) is 0. The van der Waals surface area contributed by atoms with Gasteiger partial charge in [-0.05, 0) is 0 Å². The van der Waals surface area contributed by atoms with Crippen LogP contribution in [0.25, 0.3) is 0 Å². The second-order valence-electron chi connectivity index (χ2n) is 4.66. The topological polar surface area (TPSA) is 43.9 Å². The number of piperazine rings is 1. The first-order valence-electron chi connectivity index (χ1n) is 6.56. The molecule has 0 aromatic carbocycles. The van der Waals surface area contributed by atoms with Crippen LogP contribution in [-0.2, 0) is 9.59 Å². The fourth-order valence-corrected chi connectivity index (χ4v) is 2.13. The maximum absolute atomic E-state index is 12.1. The molecule has 19 heavy (non-hydrogen) atoms. The van der Waals surface area contributed by atoms with Crippen LogP contribution in [-0.4, -0.2) is 72.3 Å². The van der Waals surface area contributed by atoms with Crippen LogP contribution >= 0.6 is 0 Å². The lowest BCUT2D eigenvalue weighted by atomic mass is 10.3. The van der Waals surface area contributed by atoms with E-state index in [1.165, 1.54) is 0 Å². The van der Waals surface area contributed by atoms with Crippen LogP contribution in [0.15, 0.2) is 25.3 Å². The minimum Gasteiger partial charge on any atom is -0.339 e. The lowest BCUT2D eigenvalue weighted by Gasteiger charge is -2.35. The highest BCUT2D eigenvalue weighted by atomic mass is 16.2. The molecule has 0 radical (unpaired) electrons. The fraction of sp³-hybridized carbons (Fsp3) is 0.571. The van der Waals surface area contributed by atoms with Gasteiger partial charge in [0, 0.05) is 46.2 Å². The molecule has 0 aliphatic carbocycles. The number of carbonyl (C=O) groups excluding carboxylic acids is 2. The van der Waals surface area contributed by atoms with Gasteiger partial charge >= 0.3 is 0 Å². The Morgan fingerprint density at radius 3 is 1.95 bits per heavy atom. The molecule has 0 aromatic rings. The van der Waals surface area contributed by atoms with E-state index in [4.69, 9.17) is 0 Å². The molecule has 1 aliphatic rings.